The fraction of sp³-hybridized carbons (Fsp3) is 0.111. The first-order valence-corrected chi connectivity index (χ1v) is 8.89. The van der Waals surface area contributed by atoms with E-state index in [-0.39, 0.29) is 5.91 Å². The van der Waals surface area contributed by atoms with Gasteiger partial charge in [-0.25, -0.2) is 4.98 Å². The van der Waals surface area contributed by atoms with Gasteiger partial charge in [-0.05, 0) is 29.8 Å². The van der Waals surface area contributed by atoms with Crippen LogP contribution in [0.1, 0.15) is 16.3 Å². The molecule has 0 unspecified atom stereocenters. The van der Waals surface area contributed by atoms with Gasteiger partial charge in [0.15, 0.2) is 0 Å². The maximum absolute atomic E-state index is 12.1. The van der Waals surface area contributed by atoms with E-state index in [1.54, 1.807) is 11.3 Å². The molecule has 0 aliphatic rings. The second kappa shape index (κ2) is 7.53. The summed E-state index contributed by atoms with van der Waals surface area (Å²) in [5, 5.41) is 5.87. The van der Waals surface area contributed by atoms with Gasteiger partial charge in [-0.15, -0.1) is 11.3 Å². The third kappa shape index (κ3) is 4.74. The van der Waals surface area contributed by atoms with Gasteiger partial charge < -0.3 is 5.32 Å². The van der Waals surface area contributed by atoms with Gasteiger partial charge in [-0.1, -0.05) is 46.3 Å². The minimum Gasteiger partial charge on any atom is -0.326 e. The topological polar surface area (TPSA) is 42.0 Å². The first-order valence-electron chi connectivity index (χ1n) is 7.22. The van der Waals surface area contributed by atoms with Crippen molar-refractivity contribution in [3.05, 3.63) is 80.7 Å². The number of thiazole rings is 1. The molecule has 0 spiro atoms. The molecule has 3 aromatic rings. The molecule has 1 aromatic heterocycles. The lowest BCUT2D eigenvalue weighted by Crippen LogP contribution is -2.14. The van der Waals surface area contributed by atoms with E-state index in [4.69, 9.17) is 0 Å². The minimum absolute atomic E-state index is 0.0520. The summed E-state index contributed by atoms with van der Waals surface area (Å²) in [4.78, 5) is 16.6. The van der Waals surface area contributed by atoms with Gasteiger partial charge in [-0.3, -0.25) is 4.79 Å². The van der Waals surface area contributed by atoms with Crippen molar-refractivity contribution in [1.82, 2.24) is 4.98 Å². The lowest BCUT2D eigenvalue weighted by molar-refractivity contribution is -0.115. The average Bonchev–Trinajstić information content (AvgIpc) is 2.97. The molecule has 23 heavy (non-hydrogen) atoms. The minimum atomic E-state index is -0.0520. The lowest BCUT2D eigenvalue weighted by Gasteiger charge is -2.03. The number of halogens is 1. The summed E-state index contributed by atoms with van der Waals surface area (Å²) in [6.45, 7) is 0. The molecule has 3 rings (SSSR count). The molecule has 116 valence electrons. The van der Waals surface area contributed by atoms with Crippen LogP contribution < -0.4 is 5.32 Å². The van der Waals surface area contributed by atoms with Crippen LogP contribution in [0.4, 0.5) is 5.69 Å². The summed E-state index contributed by atoms with van der Waals surface area (Å²) in [7, 11) is 0. The molecule has 2 aromatic carbocycles. The number of amides is 1. The molecular formula is C18H15BrN2OS. The molecule has 0 atom stereocenters. The zero-order valence-corrected chi connectivity index (χ0v) is 14.7. The van der Waals surface area contributed by atoms with Crippen LogP contribution in [0.15, 0.2) is 64.5 Å². The Kier molecular flexibility index (Phi) is 5.20. The summed E-state index contributed by atoms with van der Waals surface area (Å²) in [5.74, 6) is -0.0520. The number of rotatable bonds is 5. The Morgan fingerprint density at radius 3 is 2.57 bits per heavy atom. The number of carbonyl (C=O) groups is 1. The summed E-state index contributed by atoms with van der Waals surface area (Å²) in [5.41, 5.74) is 2.83. The van der Waals surface area contributed by atoms with Crippen molar-refractivity contribution in [2.24, 2.45) is 0 Å². The Hall–Kier alpha value is -1.98. The number of anilines is 1. The smallest absolute Gasteiger partial charge is 0.230 e. The van der Waals surface area contributed by atoms with E-state index in [9.17, 15) is 4.79 Å². The van der Waals surface area contributed by atoms with E-state index in [0.717, 1.165) is 27.3 Å². The maximum Gasteiger partial charge on any atom is 0.230 e. The Balaban J connectivity index is 1.58. The molecule has 1 heterocycles. The summed E-state index contributed by atoms with van der Waals surface area (Å²) < 4.78 is 0.987. The van der Waals surface area contributed by atoms with Crippen LogP contribution in [0, 0.1) is 0 Å². The fourth-order valence-corrected chi connectivity index (χ4v) is 3.28. The van der Waals surface area contributed by atoms with Crippen LogP contribution in [0.5, 0.6) is 0 Å². The van der Waals surface area contributed by atoms with Crippen molar-refractivity contribution >= 4 is 38.9 Å². The largest absolute Gasteiger partial charge is 0.326 e. The standard InChI is InChI=1S/C18H15BrN2OS/c19-14-6-8-15(9-7-14)20-17(22)11-16-12-23-18(21-16)10-13-4-2-1-3-5-13/h1-9,12H,10-11H2,(H,20,22). The lowest BCUT2D eigenvalue weighted by atomic mass is 10.2. The van der Waals surface area contributed by atoms with Crippen LogP contribution in [0.25, 0.3) is 0 Å². The van der Waals surface area contributed by atoms with Crippen molar-refractivity contribution in [3.63, 3.8) is 0 Å². The molecule has 1 N–H and O–H groups in total. The molecule has 0 aliphatic heterocycles. The molecule has 0 fully saturated rings. The highest BCUT2D eigenvalue weighted by Crippen LogP contribution is 2.17. The Labute approximate surface area is 147 Å². The van der Waals surface area contributed by atoms with Gasteiger partial charge >= 0.3 is 0 Å². The van der Waals surface area contributed by atoms with E-state index in [0.29, 0.717) is 6.42 Å². The first-order chi connectivity index (χ1) is 11.2. The van der Waals surface area contributed by atoms with Gasteiger partial charge in [0, 0.05) is 22.0 Å². The quantitative estimate of drug-likeness (QED) is 0.691. The van der Waals surface area contributed by atoms with Crippen molar-refractivity contribution in [1.29, 1.82) is 0 Å². The van der Waals surface area contributed by atoms with Crippen LogP contribution in [-0.4, -0.2) is 10.9 Å². The number of aromatic nitrogens is 1. The van der Waals surface area contributed by atoms with Crippen LogP contribution in [0.3, 0.4) is 0 Å². The van der Waals surface area contributed by atoms with Crippen molar-refractivity contribution < 1.29 is 4.79 Å². The highest BCUT2D eigenvalue weighted by Gasteiger charge is 2.08. The third-order valence-electron chi connectivity index (χ3n) is 3.27. The number of carbonyl (C=O) groups excluding carboxylic acids is 1. The van der Waals surface area contributed by atoms with Gasteiger partial charge in [0.2, 0.25) is 5.91 Å². The van der Waals surface area contributed by atoms with Crippen LogP contribution in [0.2, 0.25) is 0 Å². The zero-order chi connectivity index (χ0) is 16.1. The van der Waals surface area contributed by atoms with E-state index in [1.807, 2.05) is 47.8 Å². The van der Waals surface area contributed by atoms with Gasteiger partial charge in [-0.2, -0.15) is 0 Å². The Bertz CT molecular complexity index is 784. The first kappa shape index (κ1) is 15.9. The summed E-state index contributed by atoms with van der Waals surface area (Å²) in [6.07, 6.45) is 1.10. The molecule has 0 saturated carbocycles. The molecule has 1 amide bonds. The van der Waals surface area contributed by atoms with Crippen LogP contribution >= 0.6 is 27.3 Å². The fourth-order valence-electron chi connectivity index (χ4n) is 2.18. The molecule has 0 saturated heterocycles. The molecular weight excluding hydrogens is 372 g/mol. The van der Waals surface area contributed by atoms with E-state index in [2.05, 4.69) is 38.4 Å². The van der Waals surface area contributed by atoms with Crippen molar-refractivity contribution in [3.8, 4) is 0 Å². The second-order valence-corrected chi connectivity index (χ2v) is 6.99. The third-order valence-corrected chi connectivity index (χ3v) is 4.69. The number of hydrogen-bond acceptors (Lipinski definition) is 3. The number of nitrogens with one attached hydrogen (secondary N) is 1. The molecule has 0 radical (unpaired) electrons. The van der Waals surface area contributed by atoms with Gasteiger partial charge in [0.1, 0.15) is 0 Å². The summed E-state index contributed by atoms with van der Waals surface area (Å²) in [6, 6.07) is 17.7. The maximum atomic E-state index is 12.1. The highest BCUT2D eigenvalue weighted by molar-refractivity contribution is 9.10. The normalized spacial score (nSPS) is 10.5. The Morgan fingerprint density at radius 2 is 1.83 bits per heavy atom. The monoisotopic (exact) mass is 386 g/mol. The van der Waals surface area contributed by atoms with Gasteiger partial charge in [0.25, 0.3) is 0 Å². The molecule has 0 aliphatic carbocycles. The van der Waals surface area contributed by atoms with Crippen molar-refractivity contribution in [2.75, 3.05) is 5.32 Å². The average molecular weight is 387 g/mol. The number of benzene rings is 2. The SMILES string of the molecule is O=C(Cc1csc(Cc2ccccc2)n1)Nc1ccc(Br)cc1. The summed E-state index contributed by atoms with van der Waals surface area (Å²) >= 11 is 4.97. The predicted octanol–water partition coefficient (Wildman–Crippen LogP) is 4.68. The van der Waals surface area contributed by atoms with E-state index >= 15 is 0 Å². The van der Waals surface area contributed by atoms with Crippen molar-refractivity contribution in [2.45, 2.75) is 12.8 Å². The molecule has 0 bridgehead atoms. The van der Waals surface area contributed by atoms with Crippen LogP contribution in [-0.2, 0) is 17.6 Å². The molecule has 5 heteroatoms. The Morgan fingerprint density at radius 1 is 1.09 bits per heavy atom. The van der Waals surface area contributed by atoms with E-state index in [1.165, 1.54) is 5.56 Å². The zero-order valence-electron chi connectivity index (χ0n) is 12.3. The van der Waals surface area contributed by atoms with Gasteiger partial charge in [0.05, 0.1) is 17.1 Å². The number of nitrogens with zero attached hydrogens (tertiary/aromatic N) is 1. The molecule has 3 nitrogen and oxygen atoms in total. The second-order valence-electron chi connectivity index (χ2n) is 5.13. The predicted molar refractivity (Wildman–Crippen MR) is 97.8 cm³/mol. The highest BCUT2D eigenvalue weighted by atomic mass is 79.9. The van der Waals surface area contributed by atoms with E-state index < -0.39 is 0 Å². The number of hydrogen-bond donors (Lipinski definition) is 1.